The summed E-state index contributed by atoms with van der Waals surface area (Å²) in [6.07, 6.45) is 8.34. The Hall–Kier alpha value is -3.77. The topological polar surface area (TPSA) is 191 Å². The Kier molecular flexibility index (Phi) is 15.0. The van der Waals surface area contributed by atoms with E-state index in [4.69, 9.17) is 0 Å². The first kappa shape index (κ1) is 36.4. The molecular weight excluding hydrogens is 570 g/mol. The second-order valence-corrected chi connectivity index (χ2v) is 12.3. The van der Waals surface area contributed by atoms with Crippen LogP contribution in [0.1, 0.15) is 91.9 Å². The van der Waals surface area contributed by atoms with Crippen LogP contribution >= 0.6 is 0 Å². The van der Waals surface area contributed by atoms with Gasteiger partial charge in [0.25, 0.3) is 11.8 Å². The van der Waals surface area contributed by atoms with Crippen molar-refractivity contribution >= 4 is 41.4 Å². The number of carbonyl (C=O) groups excluding carboxylic acids is 6. The summed E-state index contributed by atoms with van der Waals surface area (Å²) >= 11 is 0. The number of carboxylic acids is 1. The van der Waals surface area contributed by atoms with Crippen LogP contribution in [0.2, 0.25) is 0 Å². The van der Waals surface area contributed by atoms with Gasteiger partial charge in [0, 0.05) is 37.6 Å². The van der Waals surface area contributed by atoms with E-state index in [1.54, 1.807) is 13.8 Å². The van der Waals surface area contributed by atoms with Crippen molar-refractivity contribution in [2.24, 2.45) is 17.8 Å². The molecule has 2 rings (SSSR count). The van der Waals surface area contributed by atoms with Gasteiger partial charge < -0.3 is 26.4 Å². The molecule has 2 aliphatic rings. The van der Waals surface area contributed by atoms with Crippen molar-refractivity contribution in [3.05, 3.63) is 12.2 Å². The SMILES string of the molecule is CC1CC[C@@H](C(=O)NCCCC[C@H](NC(=O)[C@H](C)NC(=O)[C@@H](NC(=O)CCCCCN2C(=O)C=CC2=O)C(C)C)C(=O)O)C1. The van der Waals surface area contributed by atoms with Gasteiger partial charge in [0.2, 0.25) is 23.6 Å². The molecular formula is C31H49N5O8. The average molecular weight is 620 g/mol. The van der Waals surface area contributed by atoms with Gasteiger partial charge in [-0.25, -0.2) is 4.79 Å². The lowest BCUT2D eigenvalue weighted by molar-refractivity contribution is -0.142. The maximum atomic E-state index is 12.9. The Morgan fingerprint density at radius 3 is 2.16 bits per heavy atom. The van der Waals surface area contributed by atoms with Gasteiger partial charge in [-0.1, -0.05) is 27.2 Å². The molecule has 0 bridgehead atoms. The minimum absolute atomic E-state index is 0.0428. The number of amides is 6. The summed E-state index contributed by atoms with van der Waals surface area (Å²) in [4.78, 5) is 86.4. The van der Waals surface area contributed by atoms with Gasteiger partial charge in [-0.05, 0) is 70.1 Å². The summed E-state index contributed by atoms with van der Waals surface area (Å²) in [5.41, 5.74) is 0. The summed E-state index contributed by atoms with van der Waals surface area (Å²) in [6, 6.07) is -3.09. The van der Waals surface area contributed by atoms with Crippen LogP contribution in [-0.2, 0) is 33.6 Å². The highest BCUT2D eigenvalue weighted by Crippen LogP contribution is 2.30. The monoisotopic (exact) mass is 619 g/mol. The van der Waals surface area contributed by atoms with Crippen LogP contribution in [0.25, 0.3) is 0 Å². The lowest BCUT2D eigenvalue weighted by Crippen LogP contribution is -2.56. The van der Waals surface area contributed by atoms with Crippen LogP contribution in [0.5, 0.6) is 0 Å². The number of nitrogens with one attached hydrogen (secondary N) is 4. The van der Waals surface area contributed by atoms with Gasteiger partial charge in [-0.3, -0.25) is 33.7 Å². The Labute approximate surface area is 259 Å². The maximum Gasteiger partial charge on any atom is 0.326 e. The molecule has 1 saturated carbocycles. The normalized spacial score (nSPS) is 19.9. The zero-order valence-electron chi connectivity index (χ0n) is 26.4. The Morgan fingerprint density at radius 1 is 0.886 bits per heavy atom. The molecule has 5 N–H and O–H groups in total. The molecule has 0 aromatic carbocycles. The smallest absolute Gasteiger partial charge is 0.326 e. The molecule has 13 nitrogen and oxygen atoms in total. The molecule has 1 aliphatic carbocycles. The summed E-state index contributed by atoms with van der Waals surface area (Å²) in [7, 11) is 0. The largest absolute Gasteiger partial charge is 0.480 e. The Morgan fingerprint density at radius 2 is 1.57 bits per heavy atom. The molecule has 13 heteroatoms. The number of carboxylic acid groups (broad SMARTS) is 1. The molecule has 1 heterocycles. The van der Waals surface area contributed by atoms with E-state index in [0.717, 1.165) is 24.2 Å². The molecule has 0 aromatic heterocycles. The van der Waals surface area contributed by atoms with E-state index >= 15 is 0 Å². The van der Waals surface area contributed by atoms with E-state index in [9.17, 15) is 38.7 Å². The van der Waals surface area contributed by atoms with E-state index in [1.807, 2.05) is 0 Å². The average Bonchev–Trinajstić information content (AvgIpc) is 3.54. The van der Waals surface area contributed by atoms with Gasteiger partial charge in [-0.2, -0.15) is 0 Å². The second-order valence-electron chi connectivity index (χ2n) is 12.3. The van der Waals surface area contributed by atoms with Gasteiger partial charge in [0.1, 0.15) is 18.1 Å². The molecule has 6 amide bonds. The fourth-order valence-corrected chi connectivity index (χ4v) is 5.36. The molecule has 246 valence electrons. The van der Waals surface area contributed by atoms with Crippen molar-refractivity contribution < 1.29 is 38.7 Å². The molecule has 44 heavy (non-hydrogen) atoms. The van der Waals surface area contributed by atoms with E-state index in [0.29, 0.717) is 44.6 Å². The number of hydrogen-bond donors (Lipinski definition) is 5. The summed E-state index contributed by atoms with van der Waals surface area (Å²) in [5, 5.41) is 20.2. The van der Waals surface area contributed by atoms with Crippen LogP contribution in [0.4, 0.5) is 0 Å². The minimum Gasteiger partial charge on any atom is -0.480 e. The van der Waals surface area contributed by atoms with E-state index in [2.05, 4.69) is 28.2 Å². The van der Waals surface area contributed by atoms with Crippen LogP contribution in [0, 0.1) is 17.8 Å². The summed E-state index contributed by atoms with van der Waals surface area (Å²) in [6.45, 7) is 7.81. The van der Waals surface area contributed by atoms with Crippen LogP contribution in [0.15, 0.2) is 12.2 Å². The Bertz CT molecular complexity index is 1070. The van der Waals surface area contributed by atoms with Crippen LogP contribution in [0.3, 0.4) is 0 Å². The first-order valence-electron chi connectivity index (χ1n) is 15.7. The predicted octanol–water partition coefficient (Wildman–Crippen LogP) is 1.41. The molecule has 0 spiro atoms. The van der Waals surface area contributed by atoms with Crippen molar-refractivity contribution in [1.29, 1.82) is 0 Å². The quantitative estimate of drug-likeness (QED) is 0.106. The molecule has 0 saturated heterocycles. The fraction of sp³-hybridized carbons (Fsp3) is 0.710. The first-order chi connectivity index (χ1) is 20.8. The molecule has 5 atom stereocenters. The van der Waals surface area contributed by atoms with Crippen molar-refractivity contribution in [2.45, 2.75) is 110 Å². The standard InChI is InChI=1S/C31H49N5O8/c1-19(2)27(35-24(37)11-6-5-9-17-36-25(38)14-15-26(36)39)30(42)33-21(4)28(40)34-23(31(43)44)10-7-8-16-32-29(41)22-13-12-20(3)18-22/h14-15,19-23,27H,5-13,16-18H2,1-4H3,(H,32,41)(H,33,42)(H,34,40)(H,35,37)(H,43,44)/t20?,21-,22+,23-,27-/m0/s1. The number of rotatable bonds is 19. The van der Waals surface area contributed by atoms with Gasteiger partial charge in [0.15, 0.2) is 0 Å². The molecule has 0 radical (unpaired) electrons. The van der Waals surface area contributed by atoms with Gasteiger partial charge in [-0.15, -0.1) is 0 Å². The predicted molar refractivity (Wildman–Crippen MR) is 162 cm³/mol. The molecule has 1 unspecified atom stereocenters. The number of carbonyl (C=O) groups is 7. The highest BCUT2D eigenvalue weighted by molar-refractivity contribution is 6.12. The van der Waals surface area contributed by atoms with Gasteiger partial charge >= 0.3 is 5.97 Å². The molecule has 0 aromatic rings. The zero-order valence-corrected chi connectivity index (χ0v) is 26.4. The van der Waals surface area contributed by atoms with Crippen LogP contribution < -0.4 is 21.3 Å². The summed E-state index contributed by atoms with van der Waals surface area (Å²) in [5.74, 6) is -3.07. The van der Waals surface area contributed by atoms with E-state index < -0.39 is 35.9 Å². The van der Waals surface area contributed by atoms with E-state index in [1.165, 1.54) is 19.1 Å². The third-order valence-electron chi connectivity index (χ3n) is 8.10. The highest BCUT2D eigenvalue weighted by atomic mass is 16.4. The minimum atomic E-state index is -1.19. The first-order valence-corrected chi connectivity index (χ1v) is 15.7. The van der Waals surface area contributed by atoms with Crippen molar-refractivity contribution in [3.8, 4) is 0 Å². The number of nitrogens with zero attached hydrogens (tertiary/aromatic N) is 1. The van der Waals surface area contributed by atoms with Crippen LogP contribution in [-0.4, -0.2) is 82.6 Å². The number of imide groups is 1. The fourth-order valence-electron chi connectivity index (χ4n) is 5.36. The van der Waals surface area contributed by atoms with Gasteiger partial charge in [0.05, 0.1) is 0 Å². The second kappa shape index (κ2) is 18.1. The number of aliphatic carboxylic acids is 1. The lowest BCUT2D eigenvalue weighted by atomic mass is 10.0. The highest BCUT2D eigenvalue weighted by Gasteiger charge is 2.29. The van der Waals surface area contributed by atoms with Crippen molar-refractivity contribution in [2.75, 3.05) is 13.1 Å². The van der Waals surface area contributed by atoms with E-state index in [-0.39, 0.29) is 54.9 Å². The summed E-state index contributed by atoms with van der Waals surface area (Å²) < 4.78 is 0. The third-order valence-corrected chi connectivity index (χ3v) is 8.10. The maximum absolute atomic E-state index is 12.9. The van der Waals surface area contributed by atoms with Crippen molar-refractivity contribution in [3.63, 3.8) is 0 Å². The van der Waals surface area contributed by atoms with Crippen molar-refractivity contribution in [1.82, 2.24) is 26.2 Å². The molecule has 1 fully saturated rings. The third kappa shape index (κ3) is 12.1. The lowest BCUT2D eigenvalue weighted by Gasteiger charge is -2.24. The Balaban J connectivity index is 1.70. The molecule has 1 aliphatic heterocycles. The zero-order chi connectivity index (χ0) is 32.8. The number of hydrogen-bond acceptors (Lipinski definition) is 7. The number of unbranched alkanes of at least 4 members (excludes halogenated alkanes) is 3.